The lowest BCUT2D eigenvalue weighted by Crippen LogP contribution is -1.88. The number of aromatic hydroxyl groups is 2. The summed E-state index contributed by atoms with van der Waals surface area (Å²) in [4.78, 5) is 0. The molecule has 2 rings (SSSR count). The smallest absolute Gasteiger partial charge is 0.127 e. The van der Waals surface area contributed by atoms with E-state index in [4.69, 9.17) is 0 Å². The predicted molar refractivity (Wildman–Crippen MR) is 69.3 cm³/mol. The third-order valence-electron chi connectivity index (χ3n) is 2.86. The van der Waals surface area contributed by atoms with Crippen LogP contribution in [0.5, 0.6) is 11.5 Å². The van der Waals surface area contributed by atoms with Crippen molar-refractivity contribution in [2.24, 2.45) is 0 Å². The number of benzene rings is 2. The number of rotatable bonds is 2. The first kappa shape index (κ1) is 11.5. The molecule has 2 heteroatoms. The highest BCUT2D eigenvalue weighted by Crippen LogP contribution is 2.37. The molecule has 0 bridgehead atoms. The molecule has 0 fully saturated rings. The maximum absolute atomic E-state index is 9.81. The molecule has 0 unspecified atom stereocenters. The lowest BCUT2D eigenvalue weighted by atomic mass is 9.96. The van der Waals surface area contributed by atoms with Crippen LogP contribution in [-0.4, -0.2) is 10.2 Å². The van der Waals surface area contributed by atoms with E-state index >= 15 is 0 Å². The molecule has 88 valence electrons. The van der Waals surface area contributed by atoms with Gasteiger partial charge in [-0.3, -0.25) is 0 Å². The molecule has 0 heterocycles. The van der Waals surface area contributed by atoms with Crippen LogP contribution in [0.3, 0.4) is 0 Å². The van der Waals surface area contributed by atoms with Gasteiger partial charge >= 0.3 is 0 Å². The summed E-state index contributed by atoms with van der Waals surface area (Å²) < 4.78 is 0. The van der Waals surface area contributed by atoms with Gasteiger partial charge in [0.2, 0.25) is 0 Å². The predicted octanol–water partition coefficient (Wildman–Crippen LogP) is 3.89. The second kappa shape index (κ2) is 4.50. The summed E-state index contributed by atoms with van der Waals surface area (Å²) in [6.07, 6.45) is 0. The Labute approximate surface area is 101 Å². The molecule has 2 aromatic rings. The Kier molecular flexibility index (Phi) is 3.05. The van der Waals surface area contributed by atoms with E-state index in [1.807, 2.05) is 24.3 Å². The summed E-state index contributed by atoms with van der Waals surface area (Å²) >= 11 is 0. The molecule has 0 spiro atoms. The van der Waals surface area contributed by atoms with Gasteiger partial charge < -0.3 is 10.2 Å². The minimum Gasteiger partial charge on any atom is -0.507 e. The van der Waals surface area contributed by atoms with Gasteiger partial charge in [-0.1, -0.05) is 44.2 Å². The highest BCUT2D eigenvalue weighted by molar-refractivity contribution is 5.76. The van der Waals surface area contributed by atoms with Crippen LogP contribution in [-0.2, 0) is 0 Å². The Balaban J connectivity index is 2.57. The third kappa shape index (κ3) is 2.26. The maximum atomic E-state index is 9.81. The van der Waals surface area contributed by atoms with Crippen molar-refractivity contribution >= 4 is 0 Å². The fourth-order valence-electron chi connectivity index (χ4n) is 1.88. The summed E-state index contributed by atoms with van der Waals surface area (Å²) in [6, 6.07) is 12.7. The molecule has 0 saturated heterocycles. The van der Waals surface area contributed by atoms with E-state index in [0.717, 1.165) is 5.56 Å². The van der Waals surface area contributed by atoms with E-state index in [0.29, 0.717) is 11.5 Å². The van der Waals surface area contributed by atoms with Crippen LogP contribution in [0, 0.1) is 0 Å². The van der Waals surface area contributed by atoms with E-state index in [1.165, 1.54) is 5.56 Å². The van der Waals surface area contributed by atoms with Gasteiger partial charge in [-0.25, -0.2) is 0 Å². The van der Waals surface area contributed by atoms with Crippen molar-refractivity contribution in [3.8, 4) is 22.6 Å². The second-order valence-corrected chi connectivity index (χ2v) is 4.45. The van der Waals surface area contributed by atoms with Gasteiger partial charge in [0, 0.05) is 0 Å². The molecule has 0 saturated carbocycles. The van der Waals surface area contributed by atoms with E-state index in [-0.39, 0.29) is 11.5 Å². The topological polar surface area (TPSA) is 40.5 Å². The van der Waals surface area contributed by atoms with E-state index in [9.17, 15) is 10.2 Å². The fourth-order valence-corrected chi connectivity index (χ4v) is 1.88. The maximum Gasteiger partial charge on any atom is 0.127 e. The lowest BCUT2D eigenvalue weighted by molar-refractivity contribution is 0.454. The summed E-state index contributed by atoms with van der Waals surface area (Å²) in [7, 11) is 0. The zero-order chi connectivity index (χ0) is 12.4. The van der Waals surface area contributed by atoms with E-state index in [2.05, 4.69) is 13.8 Å². The molecular formula is C15H16O2. The van der Waals surface area contributed by atoms with Gasteiger partial charge in [0.1, 0.15) is 11.5 Å². The molecule has 2 aromatic carbocycles. The van der Waals surface area contributed by atoms with Crippen LogP contribution in [0.25, 0.3) is 11.1 Å². The molecule has 0 aliphatic rings. The fraction of sp³-hybridized carbons (Fsp3) is 0.200. The number of hydrogen-bond donors (Lipinski definition) is 2. The normalized spacial score (nSPS) is 10.8. The van der Waals surface area contributed by atoms with Crippen molar-refractivity contribution in [1.29, 1.82) is 0 Å². The zero-order valence-electron chi connectivity index (χ0n) is 10.0. The lowest BCUT2D eigenvalue weighted by Gasteiger charge is -2.10. The molecular weight excluding hydrogens is 212 g/mol. The number of hydrogen-bond acceptors (Lipinski definition) is 2. The minimum absolute atomic E-state index is 0.103. The van der Waals surface area contributed by atoms with Gasteiger partial charge in [0.05, 0.1) is 5.56 Å². The van der Waals surface area contributed by atoms with Crippen LogP contribution in [0.2, 0.25) is 0 Å². The van der Waals surface area contributed by atoms with Crippen molar-refractivity contribution in [1.82, 2.24) is 0 Å². The van der Waals surface area contributed by atoms with Crippen LogP contribution >= 0.6 is 0 Å². The molecule has 0 atom stereocenters. The van der Waals surface area contributed by atoms with Crippen LogP contribution < -0.4 is 0 Å². The highest BCUT2D eigenvalue weighted by Gasteiger charge is 2.10. The quantitative estimate of drug-likeness (QED) is 0.818. The zero-order valence-corrected chi connectivity index (χ0v) is 10.0. The van der Waals surface area contributed by atoms with E-state index < -0.39 is 0 Å². The monoisotopic (exact) mass is 228 g/mol. The summed E-state index contributed by atoms with van der Waals surface area (Å²) in [6.45, 7) is 4.23. The first-order valence-corrected chi connectivity index (χ1v) is 5.71. The largest absolute Gasteiger partial charge is 0.507 e. The Morgan fingerprint density at radius 2 is 1.47 bits per heavy atom. The van der Waals surface area contributed by atoms with Crippen molar-refractivity contribution in [3.05, 3.63) is 48.0 Å². The SMILES string of the molecule is CC(C)c1cccc(-c2c(O)cccc2O)c1. The average Bonchev–Trinajstić information content (AvgIpc) is 2.29. The Bertz CT molecular complexity index is 510. The van der Waals surface area contributed by atoms with E-state index in [1.54, 1.807) is 18.2 Å². The van der Waals surface area contributed by atoms with Gasteiger partial charge in [-0.2, -0.15) is 0 Å². The standard InChI is InChI=1S/C15H16O2/c1-10(2)11-5-3-6-12(9-11)15-13(16)7-4-8-14(15)17/h3-10,16-17H,1-2H3. The van der Waals surface area contributed by atoms with Gasteiger partial charge in [-0.05, 0) is 29.2 Å². The molecule has 0 amide bonds. The first-order chi connectivity index (χ1) is 8.09. The van der Waals surface area contributed by atoms with Gasteiger partial charge in [0.15, 0.2) is 0 Å². The molecule has 2 nitrogen and oxygen atoms in total. The number of phenols is 2. The molecule has 17 heavy (non-hydrogen) atoms. The molecule has 0 radical (unpaired) electrons. The Hall–Kier alpha value is -1.96. The summed E-state index contributed by atoms with van der Waals surface area (Å²) in [5.74, 6) is 0.625. The average molecular weight is 228 g/mol. The molecule has 2 N–H and O–H groups in total. The highest BCUT2D eigenvalue weighted by atomic mass is 16.3. The van der Waals surface area contributed by atoms with Crippen molar-refractivity contribution in [2.75, 3.05) is 0 Å². The third-order valence-corrected chi connectivity index (χ3v) is 2.86. The molecule has 0 aliphatic carbocycles. The second-order valence-electron chi connectivity index (χ2n) is 4.45. The van der Waals surface area contributed by atoms with Crippen molar-refractivity contribution in [3.63, 3.8) is 0 Å². The summed E-state index contributed by atoms with van der Waals surface area (Å²) in [5, 5.41) is 19.6. The van der Waals surface area contributed by atoms with Crippen LogP contribution in [0.1, 0.15) is 25.3 Å². The minimum atomic E-state index is 0.103. The van der Waals surface area contributed by atoms with Crippen LogP contribution in [0.15, 0.2) is 42.5 Å². The first-order valence-electron chi connectivity index (χ1n) is 5.71. The van der Waals surface area contributed by atoms with Gasteiger partial charge in [0.25, 0.3) is 0 Å². The molecule has 0 aliphatic heterocycles. The summed E-state index contributed by atoms with van der Waals surface area (Å²) in [5.41, 5.74) is 2.52. The Morgan fingerprint density at radius 3 is 2.06 bits per heavy atom. The van der Waals surface area contributed by atoms with Crippen molar-refractivity contribution < 1.29 is 10.2 Å². The van der Waals surface area contributed by atoms with Crippen molar-refractivity contribution in [2.45, 2.75) is 19.8 Å². The Morgan fingerprint density at radius 1 is 0.882 bits per heavy atom. The number of phenolic OH excluding ortho intramolecular Hbond substituents is 2. The van der Waals surface area contributed by atoms with Crippen LogP contribution in [0.4, 0.5) is 0 Å². The van der Waals surface area contributed by atoms with Gasteiger partial charge in [-0.15, -0.1) is 0 Å². The molecule has 0 aromatic heterocycles.